The predicted molar refractivity (Wildman–Crippen MR) is 114 cm³/mol. The van der Waals surface area contributed by atoms with Crippen LogP contribution in [-0.4, -0.2) is 57.5 Å². The average molecular weight is 414 g/mol. The first kappa shape index (κ1) is 19.5. The van der Waals surface area contributed by atoms with Gasteiger partial charge in [-0.2, -0.15) is 5.10 Å². The number of para-hydroxylation sites is 1. The molecule has 152 valence electrons. The second-order valence-electron chi connectivity index (χ2n) is 8.05. The van der Waals surface area contributed by atoms with Crippen LogP contribution >= 0.6 is 11.6 Å². The van der Waals surface area contributed by atoms with Gasteiger partial charge < -0.3 is 14.5 Å². The molecule has 8 heteroatoms. The fourth-order valence-corrected chi connectivity index (χ4v) is 3.63. The number of fused-ring (bicyclic) bond motifs is 1. The van der Waals surface area contributed by atoms with Crippen molar-refractivity contribution >= 4 is 34.3 Å². The maximum atomic E-state index is 12.3. The third-order valence-corrected chi connectivity index (χ3v) is 5.06. The molecular weight excluding hydrogens is 390 g/mol. The first-order chi connectivity index (χ1) is 13.8. The highest BCUT2D eigenvalue weighted by molar-refractivity contribution is 6.34. The van der Waals surface area contributed by atoms with Gasteiger partial charge in [-0.3, -0.25) is 0 Å². The summed E-state index contributed by atoms with van der Waals surface area (Å²) in [5.74, 6) is 0.708. The Morgan fingerprint density at radius 3 is 2.55 bits per heavy atom. The number of aromatic nitrogens is 3. The Kier molecular flexibility index (Phi) is 5.08. The molecule has 3 aromatic rings. The minimum Gasteiger partial charge on any atom is -0.444 e. The number of hydrogen-bond acceptors (Lipinski definition) is 5. The van der Waals surface area contributed by atoms with Crippen LogP contribution in [0.15, 0.2) is 42.6 Å². The summed E-state index contributed by atoms with van der Waals surface area (Å²) in [5, 5.41) is 5.80. The van der Waals surface area contributed by atoms with Crippen LogP contribution in [0.4, 0.5) is 10.5 Å². The molecule has 2 aromatic heterocycles. The molecule has 7 nitrogen and oxygen atoms in total. The number of carbonyl (C=O) groups is 1. The van der Waals surface area contributed by atoms with Gasteiger partial charge in [0.25, 0.3) is 0 Å². The summed E-state index contributed by atoms with van der Waals surface area (Å²) in [7, 11) is 0. The maximum absolute atomic E-state index is 12.3. The molecule has 0 atom stereocenters. The van der Waals surface area contributed by atoms with Gasteiger partial charge in [0.2, 0.25) is 0 Å². The Bertz CT molecular complexity index is 1030. The van der Waals surface area contributed by atoms with Crippen molar-refractivity contribution in [1.29, 1.82) is 0 Å². The minimum absolute atomic E-state index is 0.259. The fraction of sp³-hybridized carbons (Fsp3) is 0.381. The highest BCUT2D eigenvalue weighted by Crippen LogP contribution is 2.26. The van der Waals surface area contributed by atoms with Crippen LogP contribution < -0.4 is 4.90 Å². The molecule has 1 saturated heterocycles. The van der Waals surface area contributed by atoms with Gasteiger partial charge in [0, 0.05) is 49.5 Å². The Balaban J connectivity index is 1.51. The highest BCUT2D eigenvalue weighted by Gasteiger charge is 2.26. The van der Waals surface area contributed by atoms with Crippen LogP contribution in [0.25, 0.3) is 16.7 Å². The van der Waals surface area contributed by atoms with Gasteiger partial charge in [0.15, 0.2) is 11.0 Å². The number of ether oxygens (including phenoxy) is 1. The van der Waals surface area contributed by atoms with Crippen LogP contribution in [-0.2, 0) is 4.74 Å². The number of piperazine rings is 1. The summed E-state index contributed by atoms with van der Waals surface area (Å²) in [6.45, 7) is 8.32. The van der Waals surface area contributed by atoms with Crippen molar-refractivity contribution in [1.82, 2.24) is 19.7 Å². The third-order valence-electron chi connectivity index (χ3n) is 4.78. The van der Waals surface area contributed by atoms with E-state index in [1.165, 1.54) is 0 Å². The van der Waals surface area contributed by atoms with Crippen LogP contribution in [0, 0.1) is 0 Å². The lowest BCUT2D eigenvalue weighted by Gasteiger charge is -2.36. The van der Waals surface area contributed by atoms with Crippen molar-refractivity contribution in [2.24, 2.45) is 0 Å². The normalized spacial score (nSPS) is 15.0. The molecule has 3 heterocycles. The van der Waals surface area contributed by atoms with Crippen LogP contribution in [0.1, 0.15) is 20.8 Å². The fourth-order valence-electron chi connectivity index (χ4n) is 3.40. The number of hydrogen-bond donors (Lipinski definition) is 0. The molecule has 1 amide bonds. The number of anilines is 1. The molecule has 0 saturated carbocycles. The van der Waals surface area contributed by atoms with Gasteiger partial charge in [0.1, 0.15) is 5.60 Å². The molecule has 0 spiro atoms. The number of carbonyl (C=O) groups excluding carboxylic acids is 1. The summed E-state index contributed by atoms with van der Waals surface area (Å²) in [4.78, 5) is 20.7. The molecule has 1 fully saturated rings. The quantitative estimate of drug-likeness (QED) is 0.632. The van der Waals surface area contributed by atoms with E-state index in [-0.39, 0.29) is 6.09 Å². The lowest BCUT2D eigenvalue weighted by atomic mass is 10.2. The summed E-state index contributed by atoms with van der Waals surface area (Å²) in [6.07, 6.45) is 1.51. The summed E-state index contributed by atoms with van der Waals surface area (Å²) >= 11 is 6.29. The van der Waals surface area contributed by atoms with Crippen molar-refractivity contribution < 1.29 is 9.53 Å². The van der Waals surface area contributed by atoms with Gasteiger partial charge in [-0.1, -0.05) is 23.7 Å². The van der Waals surface area contributed by atoms with E-state index in [1.807, 2.05) is 57.2 Å². The number of pyridine rings is 1. The molecule has 1 aromatic carbocycles. The smallest absolute Gasteiger partial charge is 0.410 e. The largest absolute Gasteiger partial charge is 0.444 e. The standard InChI is InChI=1S/C21H24ClN5O2/c1-21(2,3)29-20(28)26-12-10-25(11-13-26)15-8-9-23-18(14-15)27-17-7-5-4-6-16(17)19(22)24-27/h4-9,14H,10-13H2,1-3H3. The van der Waals surface area contributed by atoms with Gasteiger partial charge in [-0.05, 0) is 39.0 Å². The number of benzene rings is 1. The Labute approximate surface area is 174 Å². The van der Waals surface area contributed by atoms with Gasteiger partial charge in [0.05, 0.1) is 5.52 Å². The van der Waals surface area contributed by atoms with E-state index in [0.717, 1.165) is 29.7 Å². The van der Waals surface area contributed by atoms with Crippen molar-refractivity contribution in [3.05, 3.63) is 47.7 Å². The van der Waals surface area contributed by atoms with E-state index in [9.17, 15) is 4.79 Å². The molecule has 29 heavy (non-hydrogen) atoms. The molecule has 0 N–H and O–H groups in total. The SMILES string of the molecule is CC(C)(C)OC(=O)N1CCN(c2ccnc(-n3nc(Cl)c4ccccc43)c2)CC1. The van der Waals surface area contributed by atoms with Crippen molar-refractivity contribution in [2.75, 3.05) is 31.1 Å². The van der Waals surface area contributed by atoms with Crippen molar-refractivity contribution in [3.63, 3.8) is 0 Å². The van der Waals surface area contributed by atoms with E-state index in [1.54, 1.807) is 15.8 Å². The Morgan fingerprint density at radius 1 is 1.10 bits per heavy atom. The number of nitrogens with zero attached hydrogens (tertiary/aromatic N) is 5. The zero-order valence-electron chi connectivity index (χ0n) is 16.8. The van der Waals surface area contributed by atoms with Crippen LogP contribution in [0.5, 0.6) is 0 Å². The molecule has 1 aliphatic heterocycles. The van der Waals surface area contributed by atoms with E-state index >= 15 is 0 Å². The molecule has 0 bridgehead atoms. The molecule has 1 aliphatic rings. The first-order valence-electron chi connectivity index (χ1n) is 9.64. The summed E-state index contributed by atoms with van der Waals surface area (Å²) in [6, 6.07) is 11.8. The molecular formula is C21H24ClN5O2. The molecule has 0 radical (unpaired) electrons. The lowest BCUT2D eigenvalue weighted by molar-refractivity contribution is 0.0240. The van der Waals surface area contributed by atoms with Crippen molar-refractivity contribution in [2.45, 2.75) is 26.4 Å². The second kappa shape index (κ2) is 7.55. The lowest BCUT2D eigenvalue weighted by Crippen LogP contribution is -2.50. The minimum atomic E-state index is -0.484. The molecule has 4 rings (SSSR count). The van der Waals surface area contributed by atoms with E-state index < -0.39 is 5.60 Å². The molecule has 0 unspecified atom stereocenters. The molecule has 0 aliphatic carbocycles. The highest BCUT2D eigenvalue weighted by atomic mass is 35.5. The number of amides is 1. The van der Waals surface area contributed by atoms with E-state index in [2.05, 4.69) is 15.0 Å². The maximum Gasteiger partial charge on any atom is 0.410 e. The number of halogens is 1. The van der Waals surface area contributed by atoms with E-state index in [4.69, 9.17) is 16.3 Å². The summed E-state index contributed by atoms with van der Waals surface area (Å²) < 4.78 is 7.23. The Hall–Kier alpha value is -2.80. The average Bonchev–Trinajstić information content (AvgIpc) is 3.04. The van der Waals surface area contributed by atoms with Crippen molar-refractivity contribution in [3.8, 4) is 5.82 Å². The van der Waals surface area contributed by atoms with E-state index in [0.29, 0.717) is 24.1 Å². The number of rotatable bonds is 2. The summed E-state index contributed by atoms with van der Waals surface area (Å²) in [5.41, 5.74) is 1.47. The zero-order chi connectivity index (χ0) is 20.6. The van der Waals surface area contributed by atoms with Crippen LogP contribution in [0.3, 0.4) is 0 Å². The predicted octanol–water partition coefficient (Wildman–Crippen LogP) is 4.13. The van der Waals surface area contributed by atoms with Gasteiger partial charge in [-0.25, -0.2) is 14.5 Å². The topological polar surface area (TPSA) is 63.5 Å². The first-order valence-corrected chi connectivity index (χ1v) is 10.0. The zero-order valence-corrected chi connectivity index (χ0v) is 17.6. The van der Waals surface area contributed by atoms with Gasteiger partial charge >= 0.3 is 6.09 Å². The monoisotopic (exact) mass is 413 g/mol. The second-order valence-corrected chi connectivity index (χ2v) is 8.40. The van der Waals surface area contributed by atoms with Crippen LogP contribution in [0.2, 0.25) is 5.15 Å². The third kappa shape index (κ3) is 4.15. The van der Waals surface area contributed by atoms with Gasteiger partial charge in [-0.15, -0.1) is 0 Å². The Morgan fingerprint density at radius 2 is 1.83 bits per heavy atom.